The quantitative estimate of drug-likeness (QED) is 0.490. The van der Waals surface area contributed by atoms with Gasteiger partial charge in [0, 0.05) is 19.8 Å². The van der Waals surface area contributed by atoms with Crippen molar-refractivity contribution in [1.29, 1.82) is 0 Å². The minimum absolute atomic E-state index is 0.0601. The molecule has 3 fully saturated rings. The van der Waals surface area contributed by atoms with Gasteiger partial charge in [-0.3, -0.25) is 9.59 Å². The van der Waals surface area contributed by atoms with Gasteiger partial charge in [0.05, 0.1) is 0 Å². The van der Waals surface area contributed by atoms with Crippen LogP contribution in [0.5, 0.6) is 0 Å². The summed E-state index contributed by atoms with van der Waals surface area (Å²) in [6.07, 6.45) is 12.0. The van der Waals surface area contributed by atoms with Crippen molar-refractivity contribution in [2.45, 2.75) is 91.6 Å². The monoisotopic (exact) mass is 402 g/mol. The molecule has 4 aliphatic rings. The standard InChI is InChI=1S/C25H38O4/c1-15(13-23(27)28)20-7-8-21-19-6-5-17-14-18(29-16(2)26)9-11-24(17,3)22(19)10-12-25(20,21)4/h5,15,18-22H,6-14H2,1-4H3,(H,27,28)/t15-,18+,19?,20-,21?,22?,24+,25-/m1/s1. The van der Waals surface area contributed by atoms with Crippen molar-refractivity contribution >= 4 is 11.9 Å². The van der Waals surface area contributed by atoms with E-state index in [4.69, 9.17) is 4.74 Å². The molecule has 162 valence electrons. The minimum atomic E-state index is -0.652. The second-order valence-corrected chi connectivity index (χ2v) is 11.0. The maximum atomic E-state index is 11.4. The fourth-order valence-corrected chi connectivity index (χ4v) is 8.36. The van der Waals surface area contributed by atoms with Crippen molar-refractivity contribution in [2.24, 2.45) is 40.4 Å². The molecule has 0 heterocycles. The van der Waals surface area contributed by atoms with Crippen molar-refractivity contribution in [2.75, 3.05) is 0 Å². The van der Waals surface area contributed by atoms with E-state index in [1.807, 2.05) is 0 Å². The number of ether oxygens (including phenoxy) is 1. The van der Waals surface area contributed by atoms with Crippen molar-refractivity contribution < 1.29 is 19.4 Å². The summed E-state index contributed by atoms with van der Waals surface area (Å²) in [7, 11) is 0. The van der Waals surface area contributed by atoms with Gasteiger partial charge >= 0.3 is 11.9 Å². The van der Waals surface area contributed by atoms with Crippen LogP contribution in [0.3, 0.4) is 0 Å². The Hall–Kier alpha value is -1.32. The summed E-state index contributed by atoms with van der Waals surface area (Å²) in [5.41, 5.74) is 2.09. The van der Waals surface area contributed by atoms with Gasteiger partial charge in [0.2, 0.25) is 0 Å². The molecule has 3 saturated carbocycles. The maximum Gasteiger partial charge on any atom is 0.303 e. The number of esters is 1. The number of carbonyl (C=O) groups is 2. The number of carbonyl (C=O) groups excluding carboxylic acids is 1. The largest absolute Gasteiger partial charge is 0.481 e. The maximum absolute atomic E-state index is 11.4. The molecule has 4 aliphatic carbocycles. The summed E-state index contributed by atoms with van der Waals surface area (Å²) in [5, 5.41) is 9.31. The highest BCUT2D eigenvalue weighted by Crippen LogP contribution is 2.67. The van der Waals surface area contributed by atoms with Gasteiger partial charge in [-0.1, -0.05) is 32.4 Å². The fourth-order valence-electron chi connectivity index (χ4n) is 8.36. The van der Waals surface area contributed by atoms with Gasteiger partial charge in [-0.25, -0.2) is 0 Å². The van der Waals surface area contributed by atoms with Gasteiger partial charge in [-0.05, 0) is 85.4 Å². The van der Waals surface area contributed by atoms with Crippen LogP contribution in [0, 0.1) is 40.4 Å². The number of aliphatic carboxylic acids is 1. The Morgan fingerprint density at radius 3 is 2.62 bits per heavy atom. The van der Waals surface area contributed by atoms with Gasteiger partial charge in [0.25, 0.3) is 0 Å². The Kier molecular flexibility index (Phi) is 5.36. The highest BCUT2D eigenvalue weighted by atomic mass is 16.5. The van der Waals surface area contributed by atoms with Crippen LogP contribution in [0.15, 0.2) is 11.6 Å². The summed E-state index contributed by atoms with van der Waals surface area (Å²) in [6.45, 7) is 8.63. The molecule has 0 radical (unpaired) electrons. The van der Waals surface area contributed by atoms with Crippen molar-refractivity contribution in [3.8, 4) is 0 Å². The van der Waals surface area contributed by atoms with Crippen LogP contribution in [-0.2, 0) is 14.3 Å². The van der Waals surface area contributed by atoms with Crippen molar-refractivity contribution in [1.82, 2.24) is 0 Å². The third-order valence-corrected chi connectivity index (χ3v) is 9.65. The molecular weight excluding hydrogens is 364 g/mol. The third-order valence-electron chi connectivity index (χ3n) is 9.65. The molecule has 3 unspecified atom stereocenters. The molecule has 0 saturated heterocycles. The number of carboxylic acids is 1. The summed E-state index contributed by atoms with van der Waals surface area (Å²) >= 11 is 0. The van der Waals surface area contributed by atoms with Gasteiger partial charge < -0.3 is 9.84 Å². The van der Waals surface area contributed by atoms with E-state index in [0.717, 1.165) is 43.4 Å². The number of rotatable bonds is 4. The minimum Gasteiger partial charge on any atom is -0.481 e. The Balaban J connectivity index is 1.54. The molecule has 0 amide bonds. The predicted molar refractivity (Wildman–Crippen MR) is 112 cm³/mol. The van der Waals surface area contributed by atoms with Crippen LogP contribution in [0.4, 0.5) is 0 Å². The first-order chi connectivity index (χ1) is 13.6. The van der Waals surface area contributed by atoms with Crippen molar-refractivity contribution in [3.05, 3.63) is 11.6 Å². The van der Waals surface area contributed by atoms with E-state index in [2.05, 4.69) is 26.8 Å². The van der Waals surface area contributed by atoms with Gasteiger partial charge in [0.15, 0.2) is 0 Å². The highest BCUT2D eigenvalue weighted by molar-refractivity contribution is 5.67. The second-order valence-electron chi connectivity index (χ2n) is 11.0. The number of hydrogen-bond acceptors (Lipinski definition) is 3. The van der Waals surface area contributed by atoms with Crippen LogP contribution in [0.2, 0.25) is 0 Å². The summed E-state index contributed by atoms with van der Waals surface area (Å²) in [6, 6.07) is 0. The lowest BCUT2D eigenvalue weighted by atomic mass is 9.47. The fraction of sp³-hybridized carbons (Fsp3) is 0.840. The molecule has 8 atom stereocenters. The van der Waals surface area contributed by atoms with E-state index >= 15 is 0 Å². The van der Waals surface area contributed by atoms with Crippen LogP contribution in [0.1, 0.15) is 85.5 Å². The van der Waals surface area contributed by atoms with E-state index in [1.165, 1.54) is 38.2 Å². The van der Waals surface area contributed by atoms with E-state index in [0.29, 0.717) is 17.8 Å². The molecule has 4 rings (SSSR count). The second kappa shape index (κ2) is 7.42. The Morgan fingerprint density at radius 2 is 1.93 bits per heavy atom. The van der Waals surface area contributed by atoms with E-state index < -0.39 is 5.97 Å². The van der Waals surface area contributed by atoms with Gasteiger partial charge in [0.1, 0.15) is 6.10 Å². The smallest absolute Gasteiger partial charge is 0.303 e. The Bertz CT molecular complexity index is 712. The Morgan fingerprint density at radius 1 is 1.17 bits per heavy atom. The topological polar surface area (TPSA) is 63.6 Å². The van der Waals surface area contributed by atoms with Gasteiger partial charge in [-0.15, -0.1) is 0 Å². The molecular formula is C25H38O4. The molecule has 0 aromatic carbocycles. The zero-order valence-electron chi connectivity index (χ0n) is 18.6. The first-order valence-corrected chi connectivity index (χ1v) is 11.7. The highest BCUT2D eigenvalue weighted by Gasteiger charge is 2.59. The first kappa shape index (κ1) is 20.9. The SMILES string of the molecule is CC(=O)O[C@H]1CC[C@@]2(C)C(=CCC3C2CC[C@@]2(C)C3CC[C@@H]2[C@H](C)CC(=O)O)C1. The normalized spacial score (nSPS) is 44.7. The molecule has 0 aromatic heterocycles. The van der Waals surface area contributed by atoms with Crippen LogP contribution in [0.25, 0.3) is 0 Å². The third kappa shape index (κ3) is 3.45. The number of fused-ring (bicyclic) bond motifs is 5. The Labute approximate surface area is 175 Å². The predicted octanol–water partition coefficient (Wildman–Crippen LogP) is 5.61. The van der Waals surface area contributed by atoms with Gasteiger partial charge in [-0.2, -0.15) is 0 Å². The molecule has 1 N–H and O–H groups in total. The number of allylic oxidation sites excluding steroid dienone is 1. The van der Waals surface area contributed by atoms with Crippen LogP contribution in [-0.4, -0.2) is 23.1 Å². The molecule has 0 aromatic rings. The zero-order valence-corrected chi connectivity index (χ0v) is 18.6. The van der Waals surface area contributed by atoms with E-state index in [9.17, 15) is 14.7 Å². The van der Waals surface area contributed by atoms with E-state index in [1.54, 1.807) is 0 Å². The molecule has 29 heavy (non-hydrogen) atoms. The molecule has 4 heteroatoms. The lowest BCUT2D eigenvalue weighted by Crippen LogP contribution is -2.51. The van der Waals surface area contributed by atoms with Crippen molar-refractivity contribution in [3.63, 3.8) is 0 Å². The average molecular weight is 403 g/mol. The zero-order chi connectivity index (χ0) is 21.0. The summed E-state index contributed by atoms with van der Waals surface area (Å²) in [4.78, 5) is 22.7. The molecule has 4 nitrogen and oxygen atoms in total. The average Bonchev–Trinajstić information content (AvgIpc) is 2.98. The molecule has 0 bridgehead atoms. The van der Waals surface area contributed by atoms with E-state index in [-0.39, 0.29) is 23.4 Å². The molecule has 0 aliphatic heterocycles. The number of carboxylic acid groups (broad SMARTS) is 1. The van der Waals surface area contributed by atoms with Crippen LogP contribution < -0.4 is 0 Å². The van der Waals surface area contributed by atoms with Crippen LogP contribution >= 0.6 is 0 Å². The first-order valence-electron chi connectivity index (χ1n) is 11.7. The lowest BCUT2D eigenvalue weighted by Gasteiger charge is -2.58. The summed E-state index contributed by atoms with van der Waals surface area (Å²) < 4.78 is 5.55. The number of hydrogen-bond donors (Lipinski definition) is 1. The summed E-state index contributed by atoms with van der Waals surface area (Å²) in [5.74, 6) is 2.19. The molecule has 0 spiro atoms. The lowest BCUT2D eigenvalue weighted by molar-refractivity contribution is -0.149.